The summed E-state index contributed by atoms with van der Waals surface area (Å²) in [6, 6.07) is 6.50. The van der Waals surface area contributed by atoms with Crippen LogP contribution in [-0.2, 0) is 10.2 Å². The molecule has 1 aromatic carbocycles. The molecule has 0 aliphatic carbocycles. The van der Waals surface area contributed by atoms with Crippen LogP contribution in [0.5, 0.6) is 5.75 Å². The summed E-state index contributed by atoms with van der Waals surface area (Å²) in [5.41, 5.74) is 2.52. The van der Waals surface area contributed by atoms with Gasteiger partial charge in [0.05, 0.1) is 6.04 Å². The third-order valence-electron chi connectivity index (χ3n) is 4.15. The normalized spacial score (nSPS) is 19.7. The van der Waals surface area contributed by atoms with Gasteiger partial charge in [0.15, 0.2) is 0 Å². The van der Waals surface area contributed by atoms with Gasteiger partial charge in [-0.25, -0.2) is 0 Å². The quantitative estimate of drug-likeness (QED) is 0.779. The Morgan fingerprint density at radius 1 is 1.38 bits per heavy atom. The maximum absolute atomic E-state index is 11.0. The van der Waals surface area contributed by atoms with Gasteiger partial charge in [0.25, 0.3) is 0 Å². The molecule has 0 radical (unpaired) electrons. The molecule has 1 fully saturated rings. The highest BCUT2D eigenvalue weighted by atomic mass is 16.5. The molecule has 2 rings (SSSR count). The number of rotatable bonds is 5. The van der Waals surface area contributed by atoms with E-state index in [-0.39, 0.29) is 11.5 Å². The number of hydrogen-bond donors (Lipinski definition) is 0. The number of carbonyl (C=O) groups is 1. The number of nitrogens with zero attached hydrogens (tertiary/aromatic N) is 1. The van der Waals surface area contributed by atoms with E-state index in [2.05, 4.69) is 50.8 Å². The van der Waals surface area contributed by atoms with Crippen LogP contribution in [0, 0.1) is 6.92 Å². The van der Waals surface area contributed by atoms with Crippen LogP contribution in [0.2, 0.25) is 0 Å². The molecule has 0 unspecified atom stereocenters. The van der Waals surface area contributed by atoms with Gasteiger partial charge in [-0.1, -0.05) is 32.9 Å². The molecule has 3 nitrogen and oxygen atoms in total. The molecule has 0 spiro atoms. The van der Waals surface area contributed by atoms with Gasteiger partial charge in [-0.15, -0.1) is 0 Å². The highest BCUT2D eigenvalue weighted by Crippen LogP contribution is 2.32. The molecule has 0 amide bonds. The Kier molecular flexibility index (Phi) is 5.04. The lowest BCUT2D eigenvalue weighted by Gasteiger charge is -2.25. The predicted octanol–water partition coefficient (Wildman–Crippen LogP) is 3.33. The minimum Gasteiger partial charge on any atom is -0.492 e. The van der Waals surface area contributed by atoms with Gasteiger partial charge in [-0.05, 0) is 48.9 Å². The average molecular weight is 289 g/mol. The SMILES string of the molecule is Cc1ccc(C(C)(C)C)c(OCCN2CCC[C@H]2C=O)c1. The molecule has 3 heteroatoms. The first-order chi connectivity index (χ1) is 9.91. The van der Waals surface area contributed by atoms with E-state index in [0.29, 0.717) is 6.61 Å². The van der Waals surface area contributed by atoms with Crippen LogP contribution in [0.25, 0.3) is 0 Å². The van der Waals surface area contributed by atoms with Crippen LogP contribution < -0.4 is 4.74 Å². The zero-order valence-electron chi connectivity index (χ0n) is 13.7. The second-order valence-electron chi connectivity index (χ2n) is 6.98. The van der Waals surface area contributed by atoms with E-state index in [9.17, 15) is 4.79 Å². The van der Waals surface area contributed by atoms with Crippen LogP contribution >= 0.6 is 0 Å². The van der Waals surface area contributed by atoms with E-state index in [1.54, 1.807) is 0 Å². The van der Waals surface area contributed by atoms with Crippen molar-refractivity contribution in [2.24, 2.45) is 0 Å². The second-order valence-corrected chi connectivity index (χ2v) is 6.98. The topological polar surface area (TPSA) is 29.5 Å². The van der Waals surface area contributed by atoms with Gasteiger partial charge in [-0.3, -0.25) is 4.90 Å². The number of carbonyl (C=O) groups excluding carboxylic acids is 1. The Hall–Kier alpha value is -1.35. The minimum atomic E-state index is 0.0714. The van der Waals surface area contributed by atoms with E-state index in [4.69, 9.17) is 4.74 Å². The van der Waals surface area contributed by atoms with Crippen molar-refractivity contribution >= 4 is 6.29 Å². The molecule has 0 aromatic heterocycles. The number of benzene rings is 1. The second kappa shape index (κ2) is 6.61. The van der Waals surface area contributed by atoms with Crippen molar-refractivity contribution in [3.05, 3.63) is 29.3 Å². The van der Waals surface area contributed by atoms with Crippen LogP contribution in [0.4, 0.5) is 0 Å². The Labute approximate surface area is 128 Å². The molecule has 0 N–H and O–H groups in total. The Balaban J connectivity index is 1.99. The van der Waals surface area contributed by atoms with E-state index in [0.717, 1.165) is 38.0 Å². The largest absolute Gasteiger partial charge is 0.492 e. The number of aldehydes is 1. The zero-order valence-corrected chi connectivity index (χ0v) is 13.7. The standard InChI is InChI=1S/C18H27NO2/c1-14-7-8-16(18(2,3)4)17(12-14)21-11-10-19-9-5-6-15(19)13-20/h7-8,12-13,15H,5-6,9-11H2,1-4H3/t15-/m0/s1. The molecule has 0 saturated carbocycles. The van der Waals surface area contributed by atoms with Crippen LogP contribution in [0.3, 0.4) is 0 Å². The van der Waals surface area contributed by atoms with Crippen molar-refractivity contribution in [3.8, 4) is 5.75 Å². The van der Waals surface area contributed by atoms with Gasteiger partial charge >= 0.3 is 0 Å². The third-order valence-corrected chi connectivity index (χ3v) is 4.15. The summed E-state index contributed by atoms with van der Waals surface area (Å²) in [6.45, 7) is 11.2. The first-order valence-corrected chi connectivity index (χ1v) is 7.85. The van der Waals surface area contributed by atoms with Gasteiger partial charge in [0, 0.05) is 6.54 Å². The average Bonchev–Trinajstić information content (AvgIpc) is 2.85. The molecule has 1 atom stereocenters. The van der Waals surface area contributed by atoms with Crippen LogP contribution in [-0.4, -0.2) is 36.9 Å². The third kappa shape index (κ3) is 4.07. The summed E-state index contributed by atoms with van der Waals surface area (Å²) >= 11 is 0. The van der Waals surface area contributed by atoms with Crippen molar-refractivity contribution in [1.29, 1.82) is 0 Å². The molecule has 116 valence electrons. The maximum Gasteiger partial charge on any atom is 0.137 e. The first kappa shape index (κ1) is 16.0. The molecular weight excluding hydrogens is 262 g/mol. The highest BCUT2D eigenvalue weighted by Gasteiger charge is 2.24. The van der Waals surface area contributed by atoms with E-state index >= 15 is 0 Å². The molecule has 1 aromatic rings. The summed E-state index contributed by atoms with van der Waals surface area (Å²) in [6.07, 6.45) is 3.17. The van der Waals surface area contributed by atoms with Crippen LogP contribution in [0.15, 0.2) is 18.2 Å². The summed E-state index contributed by atoms with van der Waals surface area (Å²) in [5.74, 6) is 0.976. The number of ether oxygens (including phenoxy) is 1. The molecule has 1 saturated heterocycles. The summed E-state index contributed by atoms with van der Waals surface area (Å²) in [7, 11) is 0. The van der Waals surface area contributed by atoms with Crippen molar-refractivity contribution in [3.63, 3.8) is 0 Å². The molecule has 1 heterocycles. The molecule has 21 heavy (non-hydrogen) atoms. The lowest BCUT2D eigenvalue weighted by molar-refractivity contribution is -0.111. The molecule has 1 aliphatic heterocycles. The van der Waals surface area contributed by atoms with Crippen molar-refractivity contribution < 1.29 is 9.53 Å². The zero-order chi connectivity index (χ0) is 15.5. The lowest BCUT2D eigenvalue weighted by Crippen LogP contribution is -2.34. The Morgan fingerprint density at radius 2 is 2.14 bits per heavy atom. The Bertz CT molecular complexity index is 490. The van der Waals surface area contributed by atoms with Gasteiger partial charge in [0.1, 0.15) is 18.6 Å². The minimum absolute atomic E-state index is 0.0714. The van der Waals surface area contributed by atoms with Crippen molar-refractivity contribution in [1.82, 2.24) is 4.90 Å². The van der Waals surface area contributed by atoms with Gasteiger partial charge in [-0.2, -0.15) is 0 Å². The van der Waals surface area contributed by atoms with Gasteiger partial charge < -0.3 is 9.53 Å². The van der Waals surface area contributed by atoms with Gasteiger partial charge in [0.2, 0.25) is 0 Å². The lowest BCUT2D eigenvalue weighted by atomic mass is 9.86. The Morgan fingerprint density at radius 3 is 2.81 bits per heavy atom. The predicted molar refractivity (Wildman–Crippen MR) is 86.0 cm³/mol. The monoisotopic (exact) mass is 289 g/mol. The maximum atomic E-state index is 11.0. The van der Waals surface area contributed by atoms with E-state index in [1.807, 2.05) is 0 Å². The number of likely N-dealkylation sites (tertiary alicyclic amines) is 1. The van der Waals surface area contributed by atoms with Crippen molar-refractivity contribution in [2.45, 2.75) is 52.0 Å². The smallest absolute Gasteiger partial charge is 0.137 e. The molecular formula is C18H27NO2. The highest BCUT2D eigenvalue weighted by molar-refractivity contribution is 5.58. The summed E-state index contributed by atoms with van der Waals surface area (Å²) in [4.78, 5) is 13.2. The molecule has 1 aliphatic rings. The number of aryl methyl sites for hydroxylation is 1. The fourth-order valence-corrected chi connectivity index (χ4v) is 2.93. The first-order valence-electron chi connectivity index (χ1n) is 7.85. The number of hydrogen-bond acceptors (Lipinski definition) is 3. The molecule has 0 bridgehead atoms. The fourth-order valence-electron chi connectivity index (χ4n) is 2.93. The van der Waals surface area contributed by atoms with Crippen LogP contribution in [0.1, 0.15) is 44.7 Å². The van der Waals surface area contributed by atoms with E-state index in [1.165, 1.54) is 11.1 Å². The summed E-state index contributed by atoms with van der Waals surface area (Å²) < 4.78 is 6.04. The fraction of sp³-hybridized carbons (Fsp3) is 0.611. The van der Waals surface area contributed by atoms with Crippen molar-refractivity contribution in [2.75, 3.05) is 19.7 Å². The van der Waals surface area contributed by atoms with E-state index < -0.39 is 0 Å². The summed E-state index contributed by atoms with van der Waals surface area (Å²) in [5, 5.41) is 0.